The number of nitrogens with zero attached hydrogens (tertiary/aromatic N) is 1. The molecule has 1 aliphatic heterocycles. The minimum Gasteiger partial charge on any atom is -0.481 e. The molecule has 2 aromatic rings. The fraction of sp³-hybridized carbons (Fsp3) is 0.440. The number of aliphatic carboxylic acids is 1. The highest BCUT2D eigenvalue weighted by Crippen LogP contribution is 2.33. The van der Waals surface area contributed by atoms with Crippen LogP contribution in [0.4, 0.5) is 17.1 Å². The first-order valence-corrected chi connectivity index (χ1v) is 11.1. The molecule has 0 aromatic heterocycles. The quantitative estimate of drug-likeness (QED) is 0.468. The van der Waals surface area contributed by atoms with Crippen LogP contribution in [0.15, 0.2) is 42.5 Å². The van der Waals surface area contributed by atoms with Gasteiger partial charge in [-0.1, -0.05) is 13.0 Å². The van der Waals surface area contributed by atoms with Crippen LogP contribution in [0.1, 0.15) is 56.3 Å². The van der Waals surface area contributed by atoms with Gasteiger partial charge in [0.15, 0.2) is 0 Å². The molecule has 3 rings (SSSR count). The minimum atomic E-state index is -0.843. The molecular weight excluding hydrogens is 406 g/mol. The van der Waals surface area contributed by atoms with Crippen LogP contribution >= 0.6 is 0 Å². The average Bonchev–Trinajstić information content (AvgIpc) is 2.81. The fourth-order valence-corrected chi connectivity index (χ4v) is 4.06. The standard InChI is InChI=1S/C25H31N3O4/c1-3-23-21(5-4-14-32-23)28-20-11-8-18(24(31-2)12-13-25(29)30)15-22(20)27-19-9-6-17(16-26)7-10-19/h6-11,15,21,23-24,27-28H,3-5,12-14H2,1-2H3,(H,29,30). The van der Waals surface area contributed by atoms with Crippen molar-refractivity contribution in [2.45, 2.75) is 57.3 Å². The second-order valence-corrected chi connectivity index (χ2v) is 7.99. The summed E-state index contributed by atoms with van der Waals surface area (Å²) in [6, 6.07) is 15.6. The van der Waals surface area contributed by atoms with Gasteiger partial charge in [-0.05, 0) is 67.6 Å². The molecule has 3 atom stereocenters. The predicted octanol–water partition coefficient (Wildman–Crippen LogP) is 5.22. The van der Waals surface area contributed by atoms with Gasteiger partial charge in [0.2, 0.25) is 0 Å². The number of ether oxygens (including phenoxy) is 2. The summed E-state index contributed by atoms with van der Waals surface area (Å²) in [4.78, 5) is 11.0. The summed E-state index contributed by atoms with van der Waals surface area (Å²) >= 11 is 0. The lowest BCUT2D eigenvalue weighted by Gasteiger charge is -2.33. The number of anilines is 3. The molecule has 7 heteroatoms. The highest BCUT2D eigenvalue weighted by molar-refractivity contribution is 5.76. The second-order valence-electron chi connectivity index (χ2n) is 7.99. The Kier molecular flexibility index (Phi) is 8.48. The Hall–Kier alpha value is -3.08. The number of methoxy groups -OCH3 is 1. The van der Waals surface area contributed by atoms with E-state index in [1.807, 2.05) is 30.3 Å². The smallest absolute Gasteiger partial charge is 0.303 e. The van der Waals surface area contributed by atoms with Gasteiger partial charge in [-0.25, -0.2) is 0 Å². The van der Waals surface area contributed by atoms with Crippen molar-refractivity contribution in [1.82, 2.24) is 0 Å². The number of nitrogens with one attached hydrogen (secondary N) is 2. The molecule has 32 heavy (non-hydrogen) atoms. The fourth-order valence-electron chi connectivity index (χ4n) is 4.06. The first-order chi connectivity index (χ1) is 15.5. The summed E-state index contributed by atoms with van der Waals surface area (Å²) in [6.45, 7) is 2.93. The van der Waals surface area contributed by atoms with Crippen molar-refractivity contribution in [3.05, 3.63) is 53.6 Å². The zero-order valence-corrected chi connectivity index (χ0v) is 18.6. The van der Waals surface area contributed by atoms with E-state index >= 15 is 0 Å². The van der Waals surface area contributed by atoms with Crippen molar-refractivity contribution >= 4 is 23.0 Å². The Morgan fingerprint density at radius 2 is 2.06 bits per heavy atom. The van der Waals surface area contributed by atoms with E-state index in [0.29, 0.717) is 12.0 Å². The van der Waals surface area contributed by atoms with E-state index in [9.17, 15) is 4.79 Å². The monoisotopic (exact) mass is 437 g/mol. The van der Waals surface area contributed by atoms with E-state index in [-0.39, 0.29) is 24.7 Å². The average molecular weight is 438 g/mol. The lowest BCUT2D eigenvalue weighted by atomic mass is 9.99. The highest BCUT2D eigenvalue weighted by atomic mass is 16.5. The number of hydrogen-bond donors (Lipinski definition) is 3. The number of benzene rings is 2. The topological polar surface area (TPSA) is 104 Å². The molecule has 3 unspecified atom stereocenters. The molecule has 3 N–H and O–H groups in total. The van der Waals surface area contributed by atoms with Crippen molar-refractivity contribution in [2.75, 3.05) is 24.4 Å². The minimum absolute atomic E-state index is 0.0362. The normalized spacial score (nSPS) is 19.0. The Labute approximate surface area is 189 Å². The highest BCUT2D eigenvalue weighted by Gasteiger charge is 2.25. The van der Waals surface area contributed by atoms with Crippen LogP contribution in [-0.2, 0) is 14.3 Å². The van der Waals surface area contributed by atoms with Crippen LogP contribution in [0.25, 0.3) is 0 Å². The maximum atomic E-state index is 11.0. The lowest BCUT2D eigenvalue weighted by Crippen LogP contribution is -2.39. The Morgan fingerprint density at radius 3 is 2.72 bits per heavy atom. The maximum Gasteiger partial charge on any atom is 0.303 e. The van der Waals surface area contributed by atoms with E-state index in [0.717, 1.165) is 48.5 Å². The van der Waals surface area contributed by atoms with E-state index in [1.54, 1.807) is 19.2 Å². The maximum absolute atomic E-state index is 11.0. The van der Waals surface area contributed by atoms with Gasteiger partial charge < -0.3 is 25.2 Å². The molecule has 1 saturated heterocycles. The van der Waals surface area contributed by atoms with Crippen LogP contribution in [0.3, 0.4) is 0 Å². The van der Waals surface area contributed by atoms with Gasteiger partial charge in [0.25, 0.3) is 0 Å². The van der Waals surface area contributed by atoms with Gasteiger partial charge in [-0.2, -0.15) is 5.26 Å². The SMILES string of the molecule is CCC1OCCCC1Nc1ccc(C(CCC(=O)O)OC)cc1Nc1ccc(C#N)cc1. The largest absolute Gasteiger partial charge is 0.481 e. The van der Waals surface area contributed by atoms with E-state index in [4.69, 9.17) is 19.8 Å². The molecule has 0 radical (unpaired) electrons. The summed E-state index contributed by atoms with van der Waals surface area (Å²) in [5.41, 5.74) is 4.17. The molecule has 1 aliphatic rings. The Balaban J connectivity index is 1.89. The molecule has 1 heterocycles. The molecule has 0 spiro atoms. The number of hydrogen-bond acceptors (Lipinski definition) is 6. The number of carbonyl (C=O) groups is 1. The van der Waals surface area contributed by atoms with Crippen molar-refractivity contribution in [1.29, 1.82) is 5.26 Å². The number of nitriles is 1. The van der Waals surface area contributed by atoms with Crippen LogP contribution in [-0.4, -0.2) is 36.9 Å². The summed E-state index contributed by atoms with van der Waals surface area (Å²) in [5.74, 6) is -0.843. The molecule has 2 aromatic carbocycles. The molecule has 0 saturated carbocycles. The molecule has 0 amide bonds. The lowest BCUT2D eigenvalue weighted by molar-refractivity contribution is -0.137. The van der Waals surface area contributed by atoms with Gasteiger partial charge in [0.1, 0.15) is 0 Å². The summed E-state index contributed by atoms with van der Waals surface area (Å²) in [5, 5.41) is 25.2. The summed E-state index contributed by atoms with van der Waals surface area (Å²) < 4.78 is 11.5. The Morgan fingerprint density at radius 1 is 1.28 bits per heavy atom. The van der Waals surface area contributed by atoms with Gasteiger partial charge in [-0.15, -0.1) is 0 Å². The van der Waals surface area contributed by atoms with Gasteiger partial charge in [0, 0.05) is 25.8 Å². The Bertz CT molecular complexity index is 939. The van der Waals surface area contributed by atoms with Crippen LogP contribution < -0.4 is 10.6 Å². The first-order valence-electron chi connectivity index (χ1n) is 11.1. The molecule has 0 bridgehead atoms. The number of carboxylic acids is 1. The van der Waals surface area contributed by atoms with Crippen LogP contribution in [0.2, 0.25) is 0 Å². The third-order valence-electron chi connectivity index (χ3n) is 5.80. The number of carboxylic acid groups (broad SMARTS) is 1. The molecule has 0 aliphatic carbocycles. The van der Waals surface area contributed by atoms with Crippen LogP contribution in [0.5, 0.6) is 0 Å². The van der Waals surface area contributed by atoms with Crippen molar-refractivity contribution < 1.29 is 19.4 Å². The van der Waals surface area contributed by atoms with Gasteiger partial charge >= 0.3 is 5.97 Å². The van der Waals surface area contributed by atoms with Crippen molar-refractivity contribution in [2.24, 2.45) is 0 Å². The zero-order chi connectivity index (χ0) is 22.9. The zero-order valence-electron chi connectivity index (χ0n) is 18.6. The first kappa shape index (κ1) is 23.6. The summed E-state index contributed by atoms with van der Waals surface area (Å²) in [6.07, 6.45) is 3.27. The molecule has 170 valence electrons. The predicted molar refractivity (Wildman–Crippen MR) is 124 cm³/mol. The van der Waals surface area contributed by atoms with E-state index in [1.165, 1.54) is 0 Å². The summed E-state index contributed by atoms with van der Waals surface area (Å²) in [7, 11) is 1.59. The molecular formula is C25H31N3O4. The van der Waals surface area contributed by atoms with Gasteiger partial charge in [0.05, 0.1) is 41.3 Å². The van der Waals surface area contributed by atoms with E-state index < -0.39 is 5.97 Å². The van der Waals surface area contributed by atoms with Crippen LogP contribution in [0, 0.1) is 11.3 Å². The van der Waals surface area contributed by atoms with Crippen molar-refractivity contribution in [3.8, 4) is 6.07 Å². The third kappa shape index (κ3) is 6.22. The molecule has 1 fully saturated rings. The number of rotatable bonds is 10. The second kappa shape index (κ2) is 11.5. The van der Waals surface area contributed by atoms with E-state index in [2.05, 4.69) is 23.6 Å². The van der Waals surface area contributed by atoms with Crippen molar-refractivity contribution in [3.63, 3.8) is 0 Å². The third-order valence-corrected chi connectivity index (χ3v) is 5.80. The molecule has 7 nitrogen and oxygen atoms in total. The van der Waals surface area contributed by atoms with Gasteiger partial charge in [-0.3, -0.25) is 4.79 Å².